The van der Waals surface area contributed by atoms with Gasteiger partial charge in [-0.3, -0.25) is 19.5 Å². The fraction of sp³-hybridized carbons (Fsp3) is 0.333. The molecule has 2 rings (SSSR count). The second-order valence-corrected chi connectivity index (χ2v) is 6.50. The number of carbonyl (C=O) groups is 2. The molecule has 2 aromatic rings. The smallest absolute Gasteiger partial charge is 0.321 e. The van der Waals surface area contributed by atoms with Gasteiger partial charge in [0, 0.05) is 13.1 Å². The van der Waals surface area contributed by atoms with Crippen LogP contribution < -0.4 is 16.2 Å². The Morgan fingerprint density at radius 2 is 2.12 bits per heavy atom. The zero-order chi connectivity index (χ0) is 18.9. The molecule has 0 saturated heterocycles. The number of amides is 3. The minimum atomic E-state index is -0.515. The third-order valence-corrected chi connectivity index (χ3v) is 4.52. The van der Waals surface area contributed by atoms with Crippen LogP contribution in [0.25, 0.3) is 10.9 Å². The van der Waals surface area contributed by atoms with E-state index in [1.807, 2.05) is 6.92 Å². The van der Waals surface area contributed by atoms with Crippen LogP contribution in [0, 0.1) is 0 Å². The Balaban J connectivity index is 2.08. The number of nitrogens with one attached hydrogen (secondary N) is 2. The molecule has 0 unspecified atom stereocenters. The van der Waals surface area contributed by atoms with Gasteiger partial charge in [0.1, 0.15) is 0 Å². The number of para-hydroxylation sites is 1. The highest BCUT2D eigenvalue weighted by atomic mass is 32.2. The van der Waals surface area contributed by atoms with Gasteiger partial charge in [-0.05, 0) is 18.6 Å². The predicted octanol–water partition coefficient (Wildman–Crippen LogP) is 2.30. The van der Waals surface area contributed by atoms with E-state index in [1.54, 1.807) is 30.3 Å². The van der Waals surface area contributed by atoms with Gasteiger partial charge in [-0.15, -0.1) is 6.58 Å². The van der Waals surface area contributed by atoms with E-state index in [2.05, 4.69) is 22.2 Å². The number of urea groups is 1. The quantitative estimate of drug-likeness (QED) is 0.320. The first-order valence-electron chi connectivity index (χ1n) is 8.37. The van der Waals surface area contributed by atoms with Crippen molar-refractivity contribution in [3.63, 3.8) is 0 Å². The first kappa shape index (κ1) is 19.7. The van der Waals surface area contributed by atoms with E-state index in [0.29, 0.717) is 22.6 Å². The maximum absolute atomic E-state index is 12.6. The first-order valence-corrected chi connectivity index (χ1v) is 9.36. The number of allylic oxidation sites excluding steroid dienone is 1. The standard InChI is InChI=1S/C18H22N4O3S/c1-3-5-10-19-17(25)21-15(23)12-26-18-20-14-9-7-6-8-13(14)16(24)22(18)11-4-2/h4,6-9H,2-3,5,10-12H2,1H3,(H2,19,21,23,25). The molecule has 1 heterocycles. The van der Waals surface area contributed by atoms with Crippen molar-refractivity contribution in [3.05, 3.63) is 47.3 Å². The molecular weight excluding hydrogens is 352 g/mol. The molecule has 0 aliphatic carbocycles. The molecule has 0 radical (unpaired) electrons. The highest BCUT2D eigenvalue weighted by molar-refractivity contribution is 7.99. The summed E-state index contributed by atoms with van der Waals surface area (Å²) < 4.78 is 1.47. The molecule has 0 aliphatic rings. The van der Waals surface area contributed by atoms with Crippen LogP contribution in [0.15, 0.2) is 46.9 Å². The lowest BCUT2D eigenvalue weighted by molar-refractivity contribution is -0.117. The van der Waals surface area contributed by atoms with Crippen molar-refractivity contribution in [1.29, 1.82) is 0 Å². The molecule has 0 bridgehead atoms. The van der Waals surface area contributed by atoms with Gasteiger partial charge in [-0.25, -0.2) is 9.78 Å². The molecule has 2 N–H and O–H groups in total. The lowest BCUT2D eigenvalue weighted by Crippen LogP contribution is -2.40. The number of thioether (sulfide) groups is 1. The predicted molar refractivity (Wildman–Crippen MR) is 103 cm³/mol. The Morgan fingerprint density at radius 1 is 1.35 bits per heavy atom. The lowest BCUT2D eigenvalue weighted by atomic mass is 10.2. The normalized spacial score (nSPS) is 10.5. The van der Waals surface area contributed by atoms with Crippen LogP contribution in [0.1, 0.15) is 19.8 Å². The van der Waals surface area contributed by atoms with E-state index in [4.69, 9.17) is 0 Å². The number of unbranched alkanes of at least 4 members (excludes halogenated alkanes) is 1. The van der Waals surface area contributed by atoms with E-state index in [0.717, 1.165) is 24.6 Å². The van der Waals surface area contributed by atoms with Crippen molar-refractivity contribution in [1.82, 2.24) is 20.2 Å². The maximum atomic E-state index is 12.6. The van der Waals surface area contributed by atoms with Gasteiger partial charge in [0.2, 0.25) is 5.91 Å². The Bertz CT molecular complexity index is 863. The van der Waals surface area contributed by atoms with Gasteiger partial charge in [0.15, 0.2) is 5.16 Å². The monoisotopic (exact) mass is 374 g/mol. The molecule has 0 saturated carbocycles. The number of hydrogen-bond donors (Lipinski definition) is 2. The van der Waals surface area contributed by atoms with Crippen LogP contribution in [0.4, 0.5) is 4.79 Å². The van der Waals surface area contributed by atoms with Gasteiger partial charge in [-0.1, -0.05) is 43.3 Å². The van der Waals surface area contributed by atoms with Gasteiger partial charge >= 0.3 is 6.03 Å². The number of hydrogen-bond acceptors (Lipinski definition) is 5. The van der Waals surface area contributed by atoms with Crippen molar-refractivity contribution < 1.29 is 9.59 Å². The number of aromatic nitrogens is 2. The molecular formula is C18H22N4O3S. The van der Waals surface area contributed by atoms with E-state index in [9.17, 15) is 14.4 Å². The van der Waals surface area contributed by atoms with Crippen LogP contribution in [-0.2, 0) is 11.3 Å². The molecule has 0 fully saturated rings. The summed E-state index contributed by atoms with van der Waals surface area (Å²) in [6.45, 7) is 6.49. The van der Waals surface area contributed by atoms with E-state index < -0.39 is 11.9 Å². The summed E-state index contributed by atoms with van der Waals surface area (Å²) >= 11 is 1.11. The SMILES string of the molecule is C=CCn1c(SCC(=O)NC(=O)NCCCC)nc2ccccc2c1=O. The van der Waals surface area contributed by atoms with E-state index in [1.165, 1.54) is 4.57 Å². The zero-order valence-corrected chi connectivity index (χ0v) is 15.5. The first-order chi connectivity index (χ1) is 12.6. The number of fused-ring (bicyclic) bond motifs is 1. The molecule has 3 amide bonds. The van der Waals surface area contributed by atoms with Crippen LogP contribution in [-0.4, -0.2) is 33.8 Å². The molecule has 1 aromatic heterocycles. The minimum absolute atomic E-state index is 0.0247. The molecule has 7 nitrogen and oxygen atoms in total. The highest BCUT2D eigenvalue weighted by Crippen LogP contribution is 2.17. The summed E-state index contributed by atoms with van der Waals surface area (Å²) in [7, 11) is 0. The largest absolute Gasteiger partial charge is 0.338 e. The number of rotatable bonds is 8. The average molecular weight is 374 g/mol. The number of imide groups is 1. The molecule has 138 valence electrons. The van der Waals surface area contributed by atoms with Crippen molar-refractivity contribution >= 4 is 34.6 Å². The lowest BCUT2D eigenvalue weighted by Gasteiger charge is -2.11. The van der Waals surface area contributed by atoms with E-state index in [-0.39, 0.29) is 17.9 Å². The molecule has 0 aliphatic heterocycles. The Hall–Kier alpha value is -2.61. The summed E-state index contributed by atoms with van der Waals surface area (Å²) in [5, 5.41) is 5.81. The van der Waals surface area contributed by atoms with Crippen LogP contribution in [0.3, 0.4) is 0 Å². The Labute approximate surface area is 155 Å². The second kappa shape index (κ2) is 9.76. The second-order valence-electron chi connectivity index (χ2n) is 5.56. The Kier molecular flexibility index (Phi) is 7.40. The zero-order valence-electron chi connectivity index (χ0n) is 14.7. The third-order valence-electron chi connectivity index (χ3n) is 3.54. The van der Waals surface area contributed by atoms with E-state index >= 15 is 0 Å². The molecule has 8 heteroatoms. The summed E-state index contributed by atoms with van der Waals surface area (Å²) in [4.78, 5) is 40.6. The topological polar surface area (TPSA) is 93.1 Å². The molecule has 26 heavy (non-hydrogen) atoms. The number of carbonyl (C=O) groups excluding carboxylic acids is 2. The van der Waals surface area contributed by atoms with Crippen molar-refractivity contribution in [2.24, 2.45) is 0 Å². The maximum Gasteiger partial charge on any atom is 0.321 e. The summed E-state index contributed by atoms with van der Waals surface area (Å²) in [6.07, 6.45) is 3.41. The highest BCUT2D eigenvalue weighted by Gasteiger charge is 2.13. The van der Waals surface area contributed by atoms with Crippen molar-refractivity contribution in [3.8, 4) is 0 Å². The van der Waals surface area contributed by atoms with Gasteiger partial charge in [-0.2, -0.15) is 0 Å². The fourth-order valence-corrected chi connectivity index (χ4v) is 3.07. The van der Waals surface area contributed by atoms with Crippen molar-refractivity contribution in [2.45, 2.75) is 31.5 Å². The third kappa shape index (κ3) is 5.19. The summed E-state index contributed by atoms with van der Waals surface area (Å²) in [5.74, 6) is -0.472. The van der Waals surface area contributed by atoms with Crippen LogP contribution in [0.2, 0.25) is 0 Å². The average Bonchev–Trinajstić information content (AvgIpc) is 2.63. The van der Waals surface area contributed by atoms with Gasteiger partial charge in [0.25, 0.3) is 5.56 Å². The Morgan fingerprint density at radius 3 is 2.85 bits per heavy atom. The molecule has 0 spiro atoms. The number of benzene rings is 1. The van der Waals surface area contributed by atoms with Crippen molar-refractivity contribution in [2.75, 3.05) is 12.3 Å². The van der Waals surface area contributed by atoms with Gasteiger partial charge in [0.05, 0.1) is 16.7 Å². The minimum Gasteiger partial charge on any atom is -0.338 e. The fourth-order valence-electron chi connectivity index (χ4n) is 2.26. The number of nitrogens with zero attached hydrogens (tertiary/aromatic N) is 2. The molecule has 0 atom stereocenters. The summed E-state index contributed by atoms with van der Waals surface area (Å²) in [6, 6.07) is 6.53. The summed E-state index contributed by atoms with van der Waals surface area (Å²) in [5.41, 5.74) is 0.383. The van der Waals surface area contributed by atoms with Crippen LogP contribution in [0.5, 0.6) is 0 Å². The van der Waals surface area contributed by atoms with Crippen LogP contribution >= 0.6 is 11.8 Å². The van der Waals surface area contributed by atoms with Gasteiger partial charge < -0.3 is 5.32 Å². The molecule has 1 aromatic carbocycles.